The van der Waals surface area contributed by atoms with E-state index in [-0.39, 0.29) is 17.5 Å². The zero-order chi connectivity index (χ0) is 22.6. The van der Waals surface area contributed by atoms with Crippen LogP contribution in [0.4, 0.5) is 10.2 Å². The van der Waals surface area contributed by atoms with Gasteiger partial charge in [0.2, 0.25) is 0 Å². The Labute approximate surface area is 181 Å². The van der Waals surface area contributed by atoms with Gasteiger partial charge in [-0.25, -0.2) is 22.8 Å². The number of carbonyl (C=O) groups is 1. The molecule has 3 rings (SSSR count). The number of rotatable bonds is 7. The van der Waals surface area contributed by atoms with Crippen LogP contribution >= 0.6 is 0 Å². The van der Waals surface area contributed by atoms with Crippen LogP contribution in [-0.4, -0.2) is 50.2 Å². The van der Waals surface area contributed by atoms with E-state index in [4.69, 9.17) is 4.74 Å². The zero-order valence-electron chi connectivity index (χ0n) is 17.6. The first-order valence-electron chi connectivity index (χ1n) is 9.80. The van der Waals surface area contributed by atoms with Crippen LogP contribution in [-0.2, 0) is 9.84 Å². The van der Waals surface area contributed by atoms with E-state index in [1.165, 1.54) is 31.6 Å². The number of nitrogens with zero attached hydrogens (tertiary/aromatic N) is 3. The number of benzene rings is 1. The molecule has 0 saturated carbocycles. The van der Waals surface area contributed by atoms with Crippen molar-refractivity contribution in [2.45, 2.75) is 31.8 Å². The van der Waals surface area contributed by atoms with Crippen molar-refractivity contribution in [3.8, 4) is 5.75 Å². The summed E-state index contributed by atoms with van der Waals surface area (Å²) in [6.45, 7) is 2.38. The number of nitrogens with one attached hydrogen (secondary N) is 1. The summed E-state index contributed by atoms with van der Waals surface area (Å²) in [5.41, 5.74) is 0.859. The Kier molecular flexibility index (Phi) is 6.89. The van der Waals surface area contributed by atoms with Gasteiger partial charge in [-0.05, 0) is 25.8 Å². The number of para-hydroxylation sites is 1. The van der Waals surface area contributed by atoms with E-state index in [1.54, 1.807) is 13.0 Å². The molecule has 1 aliphatic heterocycles. The second-order valence-corrected chi connectivity index (χ2v) is 9.32. The smallest absolute Gasteiger partial charge is 0.271 e. The number of ether oxygens (including phenoxy) is 1. The number of hydrogen-bond acceptors (Lipinski definition) is 7. The molecule has 1 aromatic heterocycles. The predicted octanol–water partition coefficient (Wildman–Crippen LogP) is 2.64. The van der Waals surface area contributed by atoms with Gasteiger partial charge in [-0.3, -0.25) is 4.79 Å². The Balaban J connectivity index is 1.74. The maximum atomic E-state index is 14.1. The normalized spacial score (nSPS) is 17.7. The summed E-state index contributed by atoms with van der Waals surface area (Å²) in [6.07, 6.45) is 7.06. The maximum absolute atomic E-state index is 14.1. The lowest BCUT2D eigenvalue weighted by molar-refractivity contribution is 0.0941. The van der Waals surface area contributed by atoms with E-state index in [9.17, 15) is 17.6 Å². The molecule has 1 aromatic carbocycles. The van der Waals surface area contributed by atoms with Crippen molar-refractivity contribution in [1.82, 2.24) is 15.3 Å². The molecule has 2 atom stereocenters. The summed E-state index contributed by atoms with van der Waals surface area (Å²) in [5.74, 6) is -0.0756. The van der Waals surface area contributed by atoms with Gasteiger partial charge in [-0.2, -0.15) is 0 Å². The Hall–Kier alpha value is -3.01. The van der Waals surface area contributed by atoms with Gasteiger partial charge in [0.1, 0.15) is 11.5 Å². The summed E-state index contributed by atoms with van der Waals surface area (Å²) in [6, 6.07) is 4.25. The van der Waals surface area contributed by atoms with E-state index < -0.39 is 27.6 Å². The number of aromatic nitrogens is 2. The van der Waals surface area contributed by atoms with Crippen molar-refractivity contribution < 1.29 is 22.3 Å². The molecule has 0 spiro atoms. The first kappa shape index (κ1) is 22.7. The molecule has 1 saturated heterocycles. The number of anilines is 1. The molecule has 2 aromatic rings. The molecule has 8 nitrogen and oxygen atoms in total. The van der Waals surface area contributed by atoms with Crippen LogP contribution in [0.3, 0.4) is 0 Å². The molecule has 0 radical (unpaired) electrons. The Morgan fingerprint density at radius 2 is 2.13 bits per heavy atom. The second-order valence-electron chi connectivity index (χ2n) is 7.39. The van der Waals surface area contributed by atoms with Crippen LogP contribution in [0, 0.1) is 5.82 Å². The van der Waals surface area contributed by atoms with E-state index in [0.717, 1.165) is 36.6 Å². The summed E-state index contributed by atoms with van der Waals surface area (Å²) in [4.78, 5) is 23.0. The van der Waals surface area contributed by atoms with E-state index in [2.05, 4.69) is 15.3 Å². The molecule has 0 bridgehead atoms. The van der Waals surface area contributed by atoms with Crippen LogP contribution in [0.25, 0.3) is 0 Å². The molecule has 1 fully saturated rings. The third-order valence-electron chi connectivity index (χ3n) is 4.95. The molecule has 2 heterocycles. The molecule has 0 aliphatic carbocycles. The van der Waals surface area contributed by atoms with Gasteiger partial charge >= 0.3 is 0 Å². The number of amides is 1. The Bertz CT molecular complexity index is 1070. The summed E-state index contributed by atoms with van der Waals surface area (Å²) in [5, 5.41) is 3.69. The lowest BCUT2D eigenvalue weighted by Crippen LogP contribution is -2.32. The van der Waals surface area contributed by atoms with E-state index in [1.807, 2.05) is 11.0 Å². The first-order chi connectivity index (χ1) is 14.7. The molecule has 1 N–H and O–H groups in total. The predicted molar refractivity (Wildman–Crippen MR) is 115 cm³/mol. The molecule has 166 valence electrons. The van der Waals surface area contributed by atoms with E-state index >= 15 is 0 Å². The molecule has 0 unspecified atom stereocenters. The topological polar surface area (TPSA) is 101 Å². The third-order valence-corrected chi connectivity index (χ3v) is 5.60. The van der Waals surface area contributed by atoms with Gasteiger partial charge in [-0.1, -0.05) is 18.2 Å². The molecule has 1 amide bonds. The lowest BCUT2D eigenvalue weighted by Gasteiger charge is -2.27. The zero-order valence-corrected chi connectivity index (χ0v) is 18.4. The van der Waals surface area contributed by atoms with Gasteiger partial charge in [0.05, 0.1) is 25.5 Å². The largest absolute Gasteiger partial charge is 0.493 e. The van der Waals surface area contributed by atoms with Crippen molar-refractivity contribution >= 4 is 21.6 Å². The first-order valence-corrected chi connectivity index (χ1v) is 11.7. The molecular formula is C21H25FN4O4S. The third kappa shape index (κ3) is 5.57. The second kappa shape index (κ2) is 9.42. The van der Waals surface area contributed by atoms with Crippen LogP contribution in [0.15, 0.2) is 42.1 Å². The summed E-state index contributed by atoms with van der Waals surface area (Å²) < 4.78 is 41.8. The van der Waals surface area contributed by atoms with Crippen LogP contribution in [0.2, 0.25) is 0 Å². The van der Waals surface area contributed by atoms with Crippen molar-refractivity contribution in [1.29, 1.82) is 0 Å². The number of halogens is 1. The van der Waals surface area contributed by atoms with Gasteiger partial charge in [0.25, 0.3) is 5.91 Å². The molecule has 10 heteroatoms. The minimum atomic E-state index is -3.27. The van der Waals surface area contributed by atoms with Crippen molar-refractivity contribution in [3.05, 3.63) is 59.2 Å². The van der Waals surface area contributed by atoms with Gasteiger partial charge in [0, 0.05) is 29.8 Å². The van der Waals surface area contributed by atoms with Crippen molar-refractivity contribution in [2.24, 2.45) is 0 Å². The average molecular weight is 449 g/mol. The minimum absolute atomic E-state index is 0.110. The monoisotopic (exact) mass is 448 g/mol. The molecule has 1 aliphatic rings. The van der Waals surface area contributed by atoms with Crippen LogP contribution < -0.4 is 15.0 Å². The minimum Gasteiger partial charge on any atom is -0.493 e. The Morgan fingerprint density at radius 1 is 1.35 bits per heavy atom. The number of methoxy groups -OCH3 is 1. The standard InChI is InChI=1S/C21H25FN4O4S/c1-14(9-11-31(3,28)29)25-21(27)17-12-24-19(13-23-17)26-10-5-8-18(26)15-6-4-7-16(22)20(15)30-2/h4,6-7,9,11-14,18H,5,8,10H2,1-3H3,(H,25,27)/b11-9+/t14-,18+/m1/s1. The molecule has 31 heavy (non-hydrogen) atoms. The Morgan fingerprint density at radius 3 is 2.77 bits per heavy atom. The highest BCUT2D eigenvalue weighted by atomic mass is 32.2. The van der Waals surface area contributed by atoms with Crippen molar-refractivity contribution in [3.63, 3.8) is 0 Å². The maximum Gasteiger partial charge on any atom is 0.271 e. The van der Waals surface area contributed by atoms with Crippen LogP contribution in [0.5, 0.6) is 5.75 Å². The van der Waals surface area contributed by atoms with Gasteiger partial charge < -0.3 is 15.0 Å². The van der Waals surface area contributed by atoms with Crippen molar-refractivity contribution in [2.75, 3.05) is 24.8 Å². The number of hydrogen-bond donors (Lipinski definition) is 1. The van der Waals surface area contributed by atoms with Gasteiger partial charge in [0.15, 0.2) is 21.4 Å². The highest BCUT2D eigenvalue weighted by Crippen LogP contribution is 2.39. The highest BCUT2D eigenvalue weighted by Gasteiger charge is 2.30. The van der Waals surface area contributed by atoms with Crippen LogP contribution in [0.1, 0.15) is 41.9 Å². The lowest BCUT2D eigenvalue weighted by atomic mass is 10.0. The fraction of sp³-hybridized carbons (Fsp3) is 0.381. The fourth-order valence-electron chi connectivity index (χ4n) is 3.54. The summed E-state index contributed by atoms with van der Waals surface area (Å²) >= 11 is 0. The SMILES string of the molecule is COc1c(F)cccc1[C@@H]1CCCN1c1cnc(C(=O)N[C@H](C)/C=C/S(C)(=O)=O)cn1. The summed E-state index contributed by atoms with van der Waals surface area (Å²) in [7, 11) is -1.82. The fourth-order valence-corrected chi connectivity index (χ4v) is 4.06. The molecular weight excluding hydrogens is 423 g/mol. The number of carbonyl (C=O) groups excluding carboxylic acids is 1. The number of sulfone groups is 1. The highest BCUT2D eigenvalue weighted by molar-refractivity contribution is 7.93. The average Bonchev–Trinajstić information content (AvgIpc) is 3.21. The van der Waals surface area contributed by atoms with E-state index in [0.29, 0.717) is 5.82 Å². The quantitative estimate of drug-likeness (QED) is 0.695. The van der Waals surface area contributed by atoms with Gasteiger partial charge in [-0.15, -0.1) is 0 Å².